The molecule has 0 atom stereocenters. The zero-order valence-electron chi connectivity index (χ0n) is 11.9. The van der Waals surface area contributed by atoms with Gasteiger partial charge in [-0.3, -0.25) is 10.1 Å². The van der Waals surface area contributed by atoms with Crippen molar-refractivity contribution in [3.8, 4) is 0 Å². The molecule has 1 saturated heterocycles. The van der Waals surface area contributed by atoms with Crippen molar-refractivity contribution >= 4 is 27.3 Å². The first-order valence-electron chi connectivity index (χ1n) is 6.72. The van der Waals surface area contributed by atoms with Crippen molar-refractivity contribution in [3.05, 3.63) is 46.0 Å². The largest absolute Gasteiger partial charge is 0.328 e. The number of non-ortho nitro benzene ring substituents is 1. The Labute approximate surface area is 134 Å². The third kappa shape index (κ3) is 3.83. The first-order valence-corrected chi connectivity index (χ1v) is 8.54. The molecule has 0 radical (unpaired) electrons. The zero-order valence-corrected chi connectivity index (χ0v) is 13.4. The number of nitrogens with zero attached hydrogens (tertiary/aromatic N) is 2. The fraction of sp³-hybridized carbons (Fsp3) is 0.385. The van der Waals surface area contributed by atoms with Gasteiger partial charge in [0, 0.05) is 12.1 Å². The molecule has 0 saturated carbocycles. The third-order valence-electron chi connectivity index (χ3n) is 3.56. The van der Waals surface area contributed by atoms with Gasteiger partial charge in [-0.1, -0.05) is 18.2 Å². The molecule has 1 aliphatic rings. The maximum atomic E-state index is 12.5. The van der Waals surface area contributed by atoms with Crippen LogP contribution < -0.4 is 4.90 Å². The summed E-state index contributed by atoms with van der Waals surface area (Å²) in [7, 11) is -3.61. The normalized spacial score (nSPS) is 17.3. The standard InChI is InChI=1S/C13H16ClN3O4S/c1-11(14)10-15-6-8-16(9-7-15)22(20,21)13-4-2-12(3-5-13)17(18)19/h2-5H,1,6-10H2/p+1. The summed E-state index contributed by atoms with van der Waals surface area (Å²) in [5, 5.41) is 11.2. The monoisotopic (exact) mass is 346 g/mol. The Balaban J connectivity index is 2.08. The Morgan fingerprint density at radius 1 is 1.32 bits per heavy atom. The topological polar surface area (TPSA) is 85.0 Å². The highest BCUT2D eigenvalue weighted by atomic mass is 35.5. The van der Waals surface area contributed by atoms with Gasteiger partial charge in [0.15, 0.2) is 0 Å². The van der Waals surface area contributed by atoms with Gasteiger partial charge in [0.1, 0.15) is 6.54 Å². The van der Waals surface area contributed by atoms with Crippen LogP contribution in [0, 0.1) is 10.1 Å². The highest BCUT2D eigenvalue weighted by Gasteiger charge is 2.30. The first-order chi connectivity index (χ1) is 10.3. The first kappa shape index (κ1) is 16.9. The van der Waals surface area contributed by atoms with Crippen LogP contribution in [0.3, 0.4) is 0 Å². The minimum absolute atomic E-state index is 0.0725. The van der Waals surface area contributed by atoms with Gasteiger partial charge in [-0.05, 0) is 12.1 Å². The predicted octanol–water partition coefficient (Wildman–Crippen LogP) is 0.237. The number of sulfonamides is 1. The van der Waals surface area contributed by atoms with Crippen molar-refractivity contribution < 1.29 is 18.2 Å². The fourth-order valence-electron chi connectivity index (χ4n) is 2.38. The van der Waals surface area contributed by atoms with E-state index >= 15 is 0 Å². The van der Waals surface area contributed by atoms with Gasteiger partial charge in [0.25, 0.3) is 5.69 Å². The molecule has 7 nitrogen and oxygen atoms in total. The Bertz CT molecular complexity index is 667. The molecule has 0 bridgehead atoms. The molecular weight excluding hydrogens is 330 g/mol. The third-order valence-corrected chi connectivity index (χ3v) is 5.60. The quantitative estimate of drug-likeness (QED) is 0.611. The van der Waals surface area contributed by atoms with Crippen molar-refractivity contribution in [2.75, 3.05) is 32.7 Å². The van der Waals surface area contributed by atoms with Crippen LogP contribution in [-0.4, -0.2) is 50.4 Å². The number of hydrogen-bond donors (Lipinski definition) is 1. The van der Waals surface area contributed by atoms with E-state index in [1.54, 1.807) is 0 Å². The van der Waals surface area contributed by atoms with E-state index in [1.165, 1.54) is 33.5 Å². The van der Waals surface area contributed by atoms with E-state index in [1.807, 2.05) is 0 Å². The lowest BCUT2D eigenvalue weighted by molar-refractivity contribution is -0.898. The van der Waals surface area contributed by atoms with Gasteiger partial charge in [-0.25, -0.2) is 8.42 Å². The lowest BCUT2D eigenvalue weighted by atomic mass is 10.3. The van der Waals surface area contributed by atoms with Crippen LogP contribution in [0.2, 0.25) is 0 Å². The molecule has 1 fully saturated rings. The molecule has 1 aromatic carbocycles. The molecule has 1 heterocycles. The SMILES string of the molecule is C=C(Cl)C[NH+]1CCN(S(=O)(=O)c2ccc([N+](=O)[O-])cc2)CC1. The van der Waals surface area contributed by atoms with Gasteiger partial charge in [-0.15, -0.1) is 0 Å². The second kappa shape index (κ2) is 6.74. The minimum atomic E-state index is -3.61. The number of piperazine rings is 1. The van der Waals surface area contributed by atoms with Crippen molar-refractivity contribution in [1.82, 2.24) is 4.31 Å². The molecule has 1 aliphatic heterocycles. The fourth-order valence-corrected chi connectivity index (χ4v) is 4.01. The average molecular weight is 347 g/mol. The van der Waals surface area contributed by atoms with Crippen LogP contribution >= 0.6 is 11.6 Å². The van der Waals surface area contributed by atoms with Crippen LogP contribution in [0.15, 0.2) is 40.8 Å². The van der Waals surface area contributed by atoms with Crippen LogP contribution in [0.4, 0.5) is 5.69 Å². The van der Waals surface area contributed by atoms with Crippen LogP contribution in [-0.2, 0) is 10.0 Å². The molecule has 9 heteroatoms. The van der Waals surface area contributed by atoms with E-state index in [-0.39, 0.29) is 10.6 Å². The Hall–Kier alpha value is -1.48. The number of halogens is 1. The minimum Gasteiger partial charge on any atom is -0.328 e. The summed E-state index contributed by atoms with van der Waals surface area (Å²) in [6.07, 6.45) is 0. The van der Waals surface area contributed by atoms with Crippen molar-refractivity contribution in [1.29, 1.82) is 0 Å². The van der Waals surface area contributed by atoms with Gasteiger partial charge in [0.05, 0.1) is 41.0 Å². The highest BCUT2D eigenvalue weighted by Crippen LogP contribution is 2.19. The van der Waals surface area contributed by atoms with E-state index in [0.29, 0.717) is 37.8 Å². The molecule has 1 N–H and O–H groups in total. The summed E-state index contributed by atoms with van der Waals surface area (Å²) in [6.45, 7) is 6.34. The molecule has 0 spiro atoms. The van der Waals surface area contributed by atoms with Gasteiger partial charge in [-0.2, -0.15) is 4.31 Å². The zero-order chi connectivity index (χ0) is 16.3. The van der Waals surface area contributed by atoms with E-state index in [0.717, 1.165) is 0 Å². The smallest absolute Gasteiger partial charge is 0.269 e. The summed E-state index contributed by atoms with van der Waals surface area (Å²) in [5.74, 6) is 0. The number of rotatable bonds is 5. The van der Waals surface area contributed by atoms with Gasteiger partial charge >= 0.3 is 0 Å². The van der Waals surface area contributed by atoms with Crippen molar-refractivity contribution in [2.45, 2.75) is 4.90 Å². The molecular formula is C13H17ClN3O4S+. The number of nitrogens with one attached hydrogen (secondary N) is 1. The van der Waals surface area contributed by atoms with Crippen LogP contribution in [0.25, 0.3) is 0 Å². The summed E-state index contributed by atoms with van der Waals surface area (Å²) in [5.41, 5.74) is -0.131. The number of nitro benzene ring substituents is 1. The maximum absolute atomic E-state index is 12.5. The lowest BCUT2D eigenvalue weighted by Gasteiger charge is -2.31. The Kier molecular flexibility index (Phi) is 5.17. The van der Waals surface area contributed by atoms with Gasteiger partial charge < -0.3 is 4.90 Å². The summed E-state index contributed by atoms with van der Waals surface area (Å²) in [6, 6.07) is 4.94. The molecule has 0 unspecified atom stereocenters. The number of hydrogen-bond acceptors (Lipinski definition) is 4. The second-order valence-electron chi connectivity index (χ2n) is 5.10. The summed E-state index contributed by atoms with van der Waals surface area (Å²) < 4.78 is 26.4. The molecule has 0 amide bonds. The summed E-state index contributed by atoms with van der Waals surface area (Å²) in [4.78, 5) is 11.3. The average Bonchev–Trinajstić information content (AvgIpc) is 2.47. The maximum Gasteiger partial charge on any atom is 0.269 e. The molecule has 1 aromatic rings. The number of nitro groups is 1. The van der Waals surface area contributed by atoms with Crippen LogP contribution in [0.5, 0.6) is 0 Å². The van der Waals surface area contributed by atoms with Crippen molar-refractivity contribution in [2.24, 2.45) is 0 Å². The molecule has 0 aliphatic carbocycles. The Morgan fingerprint density at radius 2 is 1.86 bits per heavy atom. The molecule has 22 heavy (non-hydrogen) atoms. The Morgan fingerprint density at radius 3 is 2.32 bits per heavy atom. The van der Waals surface area contributed by atoms with E-state index < -0.39 is 14.9 Å². The molecule has 2 rings (SSSR count). The predicted molar refractivity (Wildman–Crippen MR) is 82.4 cm³/mol. The highest BCUT2D eigenvalue weighted by molar-refractivity contribution is 7.89. The van der Waals surface area contributed by atoms with Crippen molar-refractivity contribution in [3.63, 3.8) is 0 Å². The second-order valence-corrected chi connectivity index (χ2v) is 7.57. The summed E-state index contributed by atoms with van der Waals surface area (Å²) >= 11 is 5.77. The molecule has 0 aromatic heterocycles. The van der Waals surface area contributed by atoms with Crippen LogP contribution in [0.1, 0.15) is 0 Å². The lowest BCUT2D eigenvalue weighted by Crippen LogP contribution is -3.14. The number of benzene rings is 1. The van der Waals surface area contributed by atoms with E-state index in [2.05, 4.69) is 6.58 Å². The van der Waals surface area contributed by atoms with Gasteiger partial charge in [0.2, 0.25) is 10.0 Å². The van der Waals surface area contributed by atoms with E-state index in [9.17, 15) is 18.5 Å². The molecule has 120 valence electrons. The van der Waals surface area contributed by atoms with E-state index in [4.69, 9.17) is 11.6 Å². The number of quaternary nitrogens is 1.